The molecule has 3 nitrogen and oxygen atoms in total. The Morgan fingerprint density at radius 3 is 3.00 bits per heavy atom. The molecule has 11 heavy (non-hydrogen) atoms. The van der Waals surface area contributed by atoms with E-state index in [1.807, 2.05) is 0 Å². The Morgan fingerprint density at radius 1 is 1.55 bits per heavy atom. The van der Waals surface area contributed by atoms with Crippen LogP contribution in [-0.4, -0.2) is 38.4 Å². The van der Waals surface area contributed by atoms with Gasteiger partial charge in [-0.1, -0.05) is 0 Å². The van der Waals surface area contributed by atoms with Crippen LogP contribution in [0.4, 0.5) is 0 Å². The summed E-state index contributed by atoms with van der Waals surface area (Å²) in [5.74, 6) is 0. The zero-order valence-corrected chi connectivity index (χ0v) is 7.55. The summed E-state index contributed by atoms with van der Waals surface area (Å²) < 4.78 is 5.73. The molecule has 0 aliphatic carbocycles. The minimum absolute atomic E-state index is 0.444. The largest absolute Gasteiger partial charge is 0.358 e. The standard InChI is InChI=1S/C8H18N2O/c1-3-9-5-8-6-10-4-7(2)11-8/h7-10H,3-6H2,1-2H3/p+2/t7-,8+/m1/s1. The lowest BCUT2D eigenvalue weighted by Gasteiger charge is -2.24. The quantitative estimate of drug-likeness (QED) is 0.489. The molecule has 1 saturated heterocycles. The normalized spacial score (nSPS) is 32.2. The lowest BCUT2D eigenvalue weighted by Crippen LogP contribution is -2.95. The van der Waals surface area contributed by atoms with Gasteiger partial charge in [0.1, 0.15) is 25.7 Å². The first-order valence-corrected chi connectivity index (χ1v) is 4.61. The van der Waals surface area contributed by atoms with Crippen LogP contribution in [-0.2, 0) is 4.74 Å². The van der Waals surface area contributed by atoms with Crippen LogP contribution in [0, 0.1) is 0 Å². The van der Waals surface area contributed by atoms with E-state index in [4.69, 9.17) is 4.74 Å². The summed E-state index contributed by atoms with van der Waals surface area (Å²) in [7, 11) is 0. The van der Waals surface area contributed by atoms with E-state index < -0.39 is 0 Å². The maximum absolute atomic E-state index is 5.73. The van der Waals surface area contributed by atoms with Gasteiger partial charge in [0, 0.05) is 0 Å². The molecule has 3 heteroatoms. The predicted octanol–water partition coefficient (Wildman–Crippen LogP) is -2.08. The average molecular weight is 160 g/mol. The van der Waals surface area contributed by atoms with Crippen LogP contribution >= 0.6 is 0 Å². The molecule has 0 aromatic rings. The Kier molecular flexibility index (Phi) is 3.83. The van der Waals surface area contributed by atoms with Crippen molar-refractivity contribution in [2.24, 2.45) is 0 Å². The van der Waals surface area contributed by atoms with Gasteiger partial charge in [-0.2, -0.15) is 0 Å². The minimum atomic E-state index is 0.444. The molecule has 1 fully saturated rings. The van der Waals surface area contributed by atoms with E-state index in [9.17, 15) is 0 Å². The molecule has 1 aliphatic rings. The van der Waals surface area contributed by atoms with Gasteiger partial charge in [0.15, 0.2) is 6.10 Å². The Morgan fingerprint density at radius 2 is 2.36 bits per heavy atom. The Hall–Kier alpha value is -0.120. The van der Waals surface area contributed by atoms with Crippen LogP contribution in [0.1, 0.15) is 13.8 Å². The monoisotopic (exact) mass is 160 g/mol. The van der Waals surface area contributed by atoms with Crippen molar-refractivity contribution < 1.29 is 15.4 Å². The fraction of sp³-hybridized carbons (Fsp3) is 1.00. The highest BCUT2D eigenvalue weighted by Crippen LogP contribution is 1.95. The molecule has 1 rings (SSSR count). The summed E-state index contributed by atoms with van der Waals surface area (Å²) in [5, 5.41) is 4.65. The number of likely N-dealkylation sites (N-methyl/N-ethyl adjacent to an activating group) is 1. The second kappa shape index (κ2) is 4.70. The van der Waals surface area contributed by atoms with E-state index in [1.165, 1.54) is 0 Å². The highest BCUT2D eigenvalue weighted by atomic mass is 16.5. The number of hydrogen-bond acceptors (Lipinski definition) is 1. The first-order valence-electron chi connectivity index (χ1n) is 4.61. The maximum Gasteiger partial charge on any atom is 0.155 e. The molecule has 0 aromatic carbocycles. The minimum Gasteiger partial charge on any atom is -0.358 e. The van der Waals surface area contributed by atoms with E-state index in [0.29, 0.717) is 12.2 Å². The van der Waals surface area contributed by atoms with Crippen LogP contribution in [0.25, 0.3) is 0 Å². The van der Waals surface area contributed by atoms with Crippen molar-refractivity contribution in [3.63, 3.8) is 0 Å². The maximum atomic E-state index is 5.73. The van der Waals surface area contributed by atoms with Crippen LogP contribution in [0.3, 0.4) is 0 Å². The van der Waals surface area contributed by atoms with Gasteiger partial charge >= 0.3 is 0 Å². The van der Waals surface area contributed by atoms with Crippen LogP contribution < -0.4 is 10.6 Å². The van der Waals surface area contributed by atoms with Gasteiger partial charge in [0.05, 0.1) is 6.54 Å². The molecule has 1 heterocycles. The Labute approximate surface area is 68.5 Å². The second-order valence-corrected chi connectivity index (χ2v) is 3.26. The fourth-order valence-corrected chi connectivity index (χ4v) is 1.46. The number of nitrogens with two attached hydrogens (primary N) is 2. The van der Waals surface area contributed by atoms with Crippen LogP contribution in [0.15, 0.2) is 0 Å². The zero-order chi connectivity index (χ0) is 8.10. The number of hydrogen-bond donors (Lipinski definition) is 2. The first kappa shape index (κ1) is 8.97. The van der Waals surface area contributed by atoms with Gasteiger partial charge in [-0.05, 0) is 13.8 Å². The van der Waals surface area contributed by atoms with Gasteiger partial charge in [0.25, 0.3) is 0 Å². The molecule has 2 atom stereocenters. The zero-order valence-electron chi connectivity index (χ0n) is 7.55. The highest BCUT2D eigenvalue weighted by Gasteiger charge is 2.22. The van der Waals surface area contributed by atoms with Crippen molar-refractivity contribution in [1.82, 2.24) is 0 Å². The third kappa shape index (κ3) is 3.18. The molecule has 0 spiro atoms. The second-order valence-electron chi connectivity index (χ2n) is 3.26. The Bertz CT molecular complexity index is 108. The summed E-state index contributed by atoms with van der Waals surface area (Å²) in [6, 6.07) is 0. The van der Waals surface area contributed by atoms with Gasteiger partial charge < -0.3 is 15.4 Å². The number of morpholine rings is 1. The van der Waals surface area contributed by atoms with Gasteiger partial charge in [-0.15, -0.1) is 0 Å². The molecular formula is C8H20N2O+2. The van der Waals surface area contributed by atoms with Crippen molar-refractivity contribution in [2.45, 2.75) is 26.1 Å². The van der Waals surface area contributed by atoms with Crippen molar-refractivity contribution in [2.75, 3.05) is 26.2 Å². The molecule has 0 unspecified atom stereocenters. The molecule has 0 aromatic heterocycles. The van der Waals surface area contributed by atoms with Crippen LogP contribution in [0.5, 0.6) is 0 Å². The molecule has 4 N–H and O–H groups in total. The van der Waals surface area contributed by atoms with Crippen molar-refractivity contribution in [3.05, 3.63) is 0 Å². The number of ether oxygens (including phenoxy) is 1. The number of quaternary nitrogens is 2. The van der Waals surface area contributed by atoms with Gasteiger partial charge in [0.2, 0.25) is 0 Å². The summed E-state index contributed by atoms with van der Waals surface area (Å²) in [4.78, 5) is 0. The lowest BCUT2D eigenvalue weighted by molar-refractivity contribution is -0.709. The van der Waals surface area contributed by atoms with E-state index in [2.05, 4.69) is 24.5 Å². The summed E-state index contributed by atoms with van der Waals surface area (Å²) in [5.41, 5.74) is 0. The highest BCUT2D eigenvalue weighted by molar-refractivity contribution is 4.59. The fourth-order valence-electron chi connectivity index (χ4n) is 1.46. The van der Waals surface area contributed by atoms with Crippen molar-refractivity contribution in [3.8, 4) is 0 Å². The van der Waals surface area contributed by atoms with E-state index >= 15 is 0 Å². The van der Waals surface area contributed by atoms with Gasteiger partial charge in [-0.3, -0.25) is 0 Å². The molecule has 66 valence electrons. The van der Waals surface area contributed by atoms with Crippen molar-refractivity contribution in [1.29, 1.82) is 0 Å². The lowest BCUT2D eigenvalue weighted by atomic mass is 10.2. The number of rotatable bonds is 3. The first-order chi connectivity index (χ1) is 5.33. The van der Waals surface area contributed by atoms with E-state index in [1.54, 1.807) is 0 Å². The topological polar surface area (TPSA) is 42.5 Å². The van der Waals surface area contributed by atoms with Crippen molar-refractivity contribution >= 4 is 0 Å². The SMILES string of the molecule is CC[NH2+]C[C@H]1C[NH2+]C[C@@H](C)O1. The summed E-state index contributed by atoms with van der Waals surface area (Å²) in [6.45, 7) is 8.87. The molecule has 1 aliphatic heterocycles. The summed E-state index contributed by atoms with van der Waals surface area (Å²) >= 11 is 0. The van der Waals surface area contributed by atoms with Crippen LogP contribution in [0.2, 0.25) is 0 Å². The molecule has 0 saturated carbocycles. The smallest absolute Gasteiger partial charge is 0.155 e. The Balaban J connectivity index is 2.12. The van der Waals surface area contributed by atoms with Gasteiger partial charge in [-0.25, -0.2) is 0 Å². The predicted molar refractivity (Wildman–Crippen MR) is 43.3 cm³/mol. The third-order valence-corrected chi connectivity index (χ3v) is 2.07. The van der Waals surface area contributed by atoms with E-state index in [-0.39, 0.29) is 0 Å². The van der Waals surface area contributed by atoms with E-state index in [0.717, 1.165) is 26.2 Å². The third-order valence-electron chi connectivity index (χ3n) is 2.07. The molecule has 0 radical (unpaired) electrons. The summed E-state index contributed by atoms with van der Waals surface area (Å²) in [6.07, 6.45) is 0.915. The average Bonchev–Trinajstić information content (AvgIpc) is 2.01. The molecule has 0 bridgehead atoms. The molecule has 0 amide bonds. The molecular weight excluding hydrogens is 140 g/mol.